The highest BCUT2D eigenvalue weighted by molar-refractivity contribution is 5.96. The number of carbonyl (C=O) groups excluding carboxylic acids is 2. The highest BCUT2D eigenvalue weighted by Crippen LogP contribution is 2.50. The highest BCUT2D eigenvalue weighted by Gasteiger charge is 2.52. The Bertz CT molecular complexity index is 419. The third kappa shape index (κ3) is 2.00. The van der Waals surface area contributed by atoms with Gasteiger partial charge >= 0.3 is 0 Å². The van der Waals surface area contributed by atoms with E-state index in [-0.39, 0.29) is 23.4 Å². The van der Waals surface area contributed by atoms with Gasteiger partial charge in [0.25, 0.3) is 0 Å². The Morgan fingerprint density at radius 3 is 2.83 bits per heavy atom. The molecule has 18 heavy (non-hydrogen) atoms. The molecule has 0 aromatic rings. The van der Waals surface area contributed by atoms with Gasteiger partial charge in [-0.15, -0.1) is 13.2 Å². The maximum absolute atomic E-state index is 12.3. The van der Waals surface area contributed by atoms with Crippen molar-refractivity contribution in [3.05, 3.63) is 37.5 Å². The van der Waals surface area contributed by atoms with Crippen LogP contribution in [0.3, 0.4) is 0 Å². The van der Waals surface area contributed by atoms with Crippen molar-refractivity contribution in [3.8, 4) is 0 Å². The second-order valence-electron chi connectivity index (χ2n) is 5.36. The summed E-state index contributed by atoms with van der Waals surface area (Å²) in [6.45, 7) is 7.39. The zero-order valence-corrected chi connectivity index (χ0v) is 10.7. The second-order valence-corrected chi connectivity index (χ2v) is 5.36. The van der Waals surface area contributed by atoms with Crippen LogP contribution in [0.5, 0.6) is 0 Å². The molecule has 3 aliphatic carbocycles. The molecule has 2 nitrogen and oxygen atoms in total. The molecule has 96 valence electrons. The molecule has 2 bridgehead atoms. The standard InChI is InChI=1S/C16H20O2/c1-3-5-6-14(17)13-10-12-7-9-16(13,8-4-2)15(18)11-12/h3-4,7,9,12-13H,1-2,5-6,8,10-11H2. The van der Waals surface area contributed by atoms with E-state index in [2.05, 4.69) is 19.2 Å². The molecule has 3 atom stereocenters. The van der Waals surface area contributed by atoms with Gasteiger partial charge in [0.1, 0.15) is 11.6 Å². The van der Waals surface area contributed by atoms with E-state index in [9.17, 15) is 9.59 Å². The molecule has 0 N–H and O–H groups in total. The number of rotatable bonds is 6. The minimum absolute atomic E-state index is 0.147. The Morgan fingerprint density at radius 2 is 2.22 bits per heavy atom. The average Bonchev–Trinajstić information content (AvgIpc) is 2.37. The van der Waals surface area contributed by atoms with Crippen LogP contribution in [0.25, 0.3) is 0 Å². The van der Waals surface area contributed by atoms with Gasteiger partial charge in [-0.25, -0.2) is 0 Å². The molecule has 0 radical (unpaired) electrons. The summed E-state index contributed by atoms with van der Waals surface area (Å²) in [7, 11) is 0. The van der Waals surface area contributed by atoms with Crippen molar-refractivity contribution in [2.45, 2.75) is 32.1 Å². The number of ketones is 2. The van der Waals surface area contributed by atoms with Crippen molar-refractivity contribution in [1.82, 2.24) is 0 Å². The van der Waals surface area contributed by atoms with Crippen LogP contribution >= 0.6 is 0 Å². The Balaban J connectivity index is 2.27. The molecular weight excluding hydrogens is 224 g/mol. The van der Waals surface area contributed by atoms with E-state index < -0.39 is 5.41 Å². The molecule has 3 aliphatic rings. The Kier molecular flexibility index (Phi) is 3.65. The zero-order chi connectivity index (χ0) is 13.2. The van der Waals surface area contributed by atoms with Crippen LogP contribution < -0.4 is 0 Å². The molecule has 0 saturated heterocycles. The first-order valence-corrected chi connectivity index (χ1v) is 6.61. The number of carbonyl (C=O) groups is 2. The molecule has 1 fully saturated rings. The lowest BCUT2D eigenvalue weighted by Crippen LogP contribution is -2.49. The maximum Gasteiger partial charge on any atom is 0.144 e. The van der Waals surface area contributed by atoms with E-state index in [1.54, 1.807) is 12.2 Å². The molecule has 2 heteroatoms. The minimum atomic E-state index is -0.589. The van der Waals surface area contributed by atoms with Crippen molar-refractivity contribution in [2.75, 3.05) is 0 Å². The molecule has 1 saturated carbocycles. The van der Waals surface area contributed by atoms with Crippen LogP contribution in [0.1, 0.15) is 32.1 Å². The first-order valence-electron chi connectivity index (χ1n) is 6.61. The van der Waals surface area contributed by atoms with Crippen LogP contribution in [0, 0.1) is 17.3 Å². The summed E-state index contributed by atoms with van der Waals surface area (Å²) >= 11 is 0. The first-order chi connectivity index (χ1) is 8.64. The number of Topliss-reactive ketones (excluding diaryl/α,β-unsaturated/α-hetero) is 2. The average molecular weight is 244 g/mol. The van der Waals surface area contributed by atoms with Crippen LogP contribution in [0.15, 0.2) is 37.5 Å². The van der Waals surface area contributed by atoms with Gasteiger partial charge in [0.15, 0.2) is 0 Å². The predicted molar refractivity (Wildman–Crippen MR) is 72.0 cm³/mol. The number of hydrogen-bond donors (Lipinski definition) is 0. The molecule has 3 unspecified atom stereocenters. The fourth-order valence-electron chi connectivity index (χ4n) is 3.28. The van der Waals surface area contributed by atoms with Gasteiger partial charge in [-0.3, -0.25) is 9.59 Å². The number of hydrogen-bond acceptors (Lipinski definition) is 2. The summed E-state index contributed by atoms with van der Waals surface area (Å²) in [4.78, 5) is 24.6. The van der Waals surface area contributed by atoms with E-state index in [1.807, 2.05) is 6.08 Å². The molecule has 0 heterocycles. The van der Waals surface area contributed by atoms with Gasteiger partial charge < -0.3 is 0 Å². The molecule has 0 amide bonds. The topological polar surface area (TPSA) is 34.1 Å². The van der Waals surface area contributed by atoms with E-state index in [4.69, 9.17) is 0 Å². The Morgan fingerprint density at radius 1 is 1.44 bits per heavy atom. The van der Waals surface area contributed by atoms with Crippen LogP contribution in [-0.4, -0.2) is 11.6 Å². The van der Waals surface area contributed by atoms with E-state index in [0.29, 0.717) is 25.7 Å². The van der Waals surface area contributed by atoms with Gasteiger partial charge in [0.05, 0.1) is 5.41 Å². The van der Waals surface area contributed by atoms with Crippen molar-refractivity contribution in [3.63, 3.8) is 0 Å². The van der Waals surface area contributed by atoms with Gasteiger partial charge in [-0.2, -0.15) is 0 Å². The van der Waals surface area contributed by atoms with Crippen LogP contribution in [0.4, 0.5) is 0 Å². The smallest absolute Gasteiger partial charge is 0.144 e. The summed E-state index contributed by atoms with van der Waals surface area (Å²) in [5.41, 5.74) is -0.589. The lowest BCUT2D eigenvalue weighted by Gasteiger charge is -2.45. The summed E-state index contributed by atoms with van der Waals surface area (Å²) in [5.74, 6) is 0.547. The van der Waals surface area contributed by atoms with Gasteiger partial charge in [-0.1, -0.05) is 24.3 Å². The Labute approximate surface area is 108 Å². The maximum atomic E-state index is 12.3. The normalized spacial score (nSPS) is 33.4. The van der Waals surface area contributed by atoms with E-state index >= 15 is 0 Å². The van der Waals surface area contributed by atoms with Crippen molar-refractivity contribution < 1.29 is 9.59 Å². The highest BCUT2D eigenvalue weighted by atomic mass is 16.1. The fourth-order valence-corrected chi connectivity index (χ4v) is 3.28. The van der Waals surface area contributed by atoms with E-state index in [1.165, 1.54) is 0 Å². The summed E-state index contributed by atoms with van der Waals surface area (Å²) < 4.78 is 0. The second kappa shape index (κ2) is 5.05. The Hall–Kier alpha value is -1.44. The predicted octanol–water partition coefficient (Wildman–Crippen LogP) is 3.25. The van der Waals surface area contributed by atoms with Crippen molar-refractivity contribution in [2.24, 2.45) is 17.3 Å². The molecule has 0 aromatic heterocycles. The third-order valence-corrected chi connectivity index (χ3v) is 4.26. The summed E-state index contributed by atoms with van der Waals surface area (Å²) in [5, 5.41) is 0. The summed E-state index contributed by atoms with van der Waals surface area (Å²) in [6, 6.07) is 0. The van der Waals surface area contributed by atoms with Crippen molar-refractivity contribution in [1.29, 1.82) is 0 Å². The van der Waals surface area contributed by atoms with Crippen LogP contribution in [0.2, 0.25) is 0 Å². The molecule has 3 rings (SSSR count). The molecule has 0 spiro atoms. The third-order valence-electron chi connectivity index (χ3n) is 4.26. The molecule has 0 aromatic carbocycles. The lowest BCUT2D eigenvalue weighted by atomic mass is 9.55. The molecule has 0 aliphatic heterocycles. The molecular formula is C16H20O2. The van der Waals surface area contributed by atoms with Gasteiger partial charge in [-0.05, 0) is 25.2 Å². The minimum Gasteiger partial charge on any atom is -0.299 e. The monoisotopic (exact) mass is 244 g/mol. The SMILES string of the molecule is C=CCCC(=O)C1CC2C=CC1(CC=C)C(=O)C2. The number of allylic oxidation sites excluding steroid dienone is 4. The van der Waals surface area contributed by atoms with E-state index in [0.717, 1.165) is 6.42 Å². The first kappa shape index (κ1) is 13.0. The van der Waals surface area contributed by atoms with Gasteiger partial charge in [0.2, 0.25) is 0 Å². The quantitative estimate of drug-likeness (QED) is 0.672. The fraction of sp³-hybridized carbons (Fsp3) is 0.500. The van der Waals surface area contributed by atoms with Crippen molar-refractivity contribution >= 4 is 11.6 Å². The van der Waals surface area contributed by atoms with Crippen LogP contribution in [-0.2, 0) is 9.59 Å². The number of fused-ring (bicyclic) bond motifs is 2. The zero-order valence-electron chi connectivity index (χ0n) is 10.7. The largest absolute Gasteiger partial charge is 0.299 e. The summed E-state index contributed by atoms with van der Waals surface area (Å²) in [6.07, 6.45) is 10.8. The lowest BCUT2D eigenvalue weighted by molar-refractivity contribution is -0.142. The van der Waals surface area contributed by atoms with Gasteiger partial charge in [0, 0.05) is 18.8 Å².